The van der Waals surface area contributed by atoms with Gasteiger partial charge >= 0.3 is 5.97 Å². The van der Waals surface area contributed by atoms with E-state index in [1.54, 1.807) is 7.11 Å². The van der Waals surface area contributed by atoms with E-state index in [9.17, 15) is 4.79 Å². The molecule has 0 bridgehead atoms. The molecule has 1 aromatic rings. The lowest BCUT2D eigenvalue weighted by Gasteiger charge is -2.13. The number of ether oxygens (including phenoxy) is 2. The first kappa shape index (κ1) is 11.9. The minimum Gasteiger partial charge on any atom is -0.497 e. The van der Waals surface area contributed by atoms with Crippen LogP contribution in [0, 0.1) is 11.8 Å². The highest BCUT2D eigenvalue weighted by Gasteiger charge is 2.74. The van der Waals surface area contributed by atoms with E-state index in [4.69, 9.17) is 15.0 Å². The van der Waals surface area contributed by atoms with E-state index in [1.165, 1.54) is 0 Å². The standard InChI is InChI=1S/C13H13N3O3/c1-18-9-4-2-8(3-5-9)13-10(6-15-16-14)11(13)7-19-12(13)17/h2-5,10-11H,6-7H2,1H3/t10-,11-,13+/m1/s1. The third kappa shape index (κ3) is 1.50. The summed E-state index contributed by atoms with van der Waals surface area (Å²) in [4.78, 5) is 14.9. The van der Waals surface area contributed by atoms with E-state index >= 15 is 0 Å². The lowest BCUT2D eigenvalue weighted by Crippen LogP contribution is -2.23. The van der Waals surface area contributed by atoms with Gasteiger partial charge < -0.3 is 9.47 Å². The Kier molecular flexibility index (Phi) is 2.61. The van der Waals surface area contributed by atoms with Crippen molar-refractivity contribution in [2.45, 2.75) is 5.41 Å². The van der Waals surface area contributed by atoms with Crippen LogP contribution < -0.4 is 4.74 Å². The highest BCUT2D eigenvalue weighted by Crippen LogP contribution is 2.64. The van der Waals surface area contributed by atoms with Crippen molar-refractivity contribution in [2.75, 3.05) is 20.3 Å². The van der Waals surface area contributed by atoms with Gasteiger partial charge in [0.2, 0.25) is 0 Å². The first-order chi connectivity index (χ1) is 9.25. The molecule has 98 valence electrons. The number of rotatable bonds is 4. The molecule has 1 heterocycles. The number of fused-ring (bicyclic) bond motifs is 1. The topological polar surface area (TPSA) is 84.3 Å². The second-order valence-corrected chi connectivity index (χ2v) is 4.82. The molecule has 2 fully saturated rings. The van der Waals surface area contributed by atoms with Gasteiger partial charge in [-0.25, -0.2) is 0 Å². The van der Waals surface area contributed by atoms with Gasteiger partial charge in [0.25, 0.3) is 0 Å². The van der Waals surface area contributed by atoms with Gasteiger partial charge in [-0.2, -0.15) is 0 Å². The molecule has 0 radical (unpaired) electrons. The van der Waals surface area contributed by atoms with Gasteiger partial charge in [0.1, 0.15) is 11.2 Å². The molecule has 0 aromatic heterocycles. The Balaban J connectivity index is 1.95. The van der Waals surface area contributed by atoms with Crippen LogP contribution >= 0.6 is 0 Å². The third-order valence-corrected chi connectivity index (χ3v) is 4.19. The predicted octanol–water partition coefficient (Wildman–Crippen LogP) is 2.05. The molecule has 0 amide bonds. The fourth-order valence-corrected chi connectivity index (χ4v) is 3.18. The van der Waals surface area contributed by atoms with Crippen molar-refractivity contribution in [3.63, 3.8) is 0 Å². The maximum atomic E-state index is 12.1. The number of esters is 1. The van der Waals surface area contributed by atoms with Crippen molar-refractivity contribution in [3.8, 4) is 5.75 Å². The second kappa shape index (κ2) is 4.17. The summed E-state index contributed by atoms with van der Waals surface area (Å²) in [6.45, 7) is 0.749. The molecule has 1 aromatic carbocycles. The Morgan fingerprint density at radius 1 is 1.53 bits per heavy atom. The fraction of sp³-hybridized carbons (Fsp3) is 0.462. The predicted molar refractivity (Wildman–Crippen MR) is 66.6 cm³/mol. The van der Waals surface area contributed by atoms with Crippen LogP contribution in [-0.2, 0) is 14.9 Å². The summed E-state index contributed by atoms with van der Waals surface area (Å²) in [6.07, 6.45) is 0. The molecule has 6 nitrogen and oxygen atoms in total. The van der Waals surface area contributed by atoms with Gasteiger partial charge in [-0.05, 0) is 29.1 Å². The number of methoxy groups -OCH3 is 1. The minimum absolute atomic E-state index is 0.0537. The lowest BCUT2D eigenvalue weighted by molar-refractivity contribution is -0.143. The lowest BCUT2D eigenvalue weighted by atomic mass is 9.92. The highest BCUT2D eigenvalue weighted by molar-refractivity contribution is 5.91. The van der Waals surface area contributed by atoms with E-state index in [2.05, 4.69) is 10.0 Å². The summed E-state index contributed by atoms with van der Waals surface area (Å²) in [7, 11) is 1.60. The van der Waals surface area contributed by atoms with Gasteiger partial charge in [-0.3, -0.25) is 4.79 Å². The third-order valence-electron chi connectivity index (χ3n) is 4.19. The number of cyclic esters (lactones) is 1. The fourth-order valence-electron chi connectivity index (χ4n) is 3.18. The van der Waals surface area contributed by atoms with Crippen LogP contribution in [0.4, 0.5) is 0 Å². The normalized spacial score (nSPS) is 31.1. The molecule has 1 aliphatic carbocycles. The molecule has 19 heavy (non-hydrogen) atoms. The zero-order chi connectivity index (χ0) is 13.5. The smallest absolute Gasteiger partial charge is 0.317 e. The Hall–Kier alpha value is -2.20. The van der Waals surface area contributed by atoms with Crippen LogP contribution in [-0.4, -0.2) is 26.2 Å². The molecule has 1 aliphatic heterocycles. The van der Waals surface area contributed by atoms with Crippen molar-refractivity contribution in [1.82, 2.24) is 0 Å². The monoisotopic (exact) mass is 259 g/mol. The summed E-state index contributed by atoms with van der Waals surface area (Å²) >= 11 is 0. The quantitative estimate of drug-likeness (QED) is 0.359. The van der Waals surface area contributed by atoms with Gasteiger partial charge in [0.05, 0.1) is 13.7 Å². The number of hydrogen-bond acceptors (Lipinski definition) is 4. The maximum absolute atomic E-state index is 12.1. The first-order valence-electron chi connectivity index (χ1n) is 6.07. The SMILES string of the molecule is COc1ccc([C@@]23C(=O)OC[C@@H]2[C@H]3CN=[N+]=[N-])cc1. The Bertz CT molecular complexity index is 565. The summed E-state index contributed by atoms with van der Waals surface area (Å²) in [6, 6.07) is 7.42. The van der Waals surface area contributed by atoms with Crippen molar-refractivity contribution in [3.05, 3.63) is 40.3 Å². The molecule has 3 rings (SSSR count). The molecule has 2 aliphatic rings. The largest absolute Gasteiger partial charge is 0.497 e. The zero-order valence-corrected chi connectivity index (χ0v) is 10.4. The Morgan fingerprint density at radius 3 is 2.89 bits per heavy atom. The van der Waals surface area contributed by atoms with Crippen LogP contribution in [0.2, 0.25) is 0 Å². The Labute approximate surface area is 109 Å². The van der Waals surface area contributed by atoms with Crippen molar-refractivity contribution >= 4 is 5.97 Å². The van der Waals surface area contributed by atoms with Crippen molar-refractivity contribution < 1.29 is 14.3 Å². The van der Waals surface area contributed by atoms with Crippen LogP contribution in [0.25, 0.3) is 10.4 Å². The molecule has 0 spiro atoms. The highest BCUT2D eigenvalue weighted by atomic mass is 16.5. The molecule has 0 unspecified atom stereocenters. The van der Waals surface area contributed by atoms with Crippen LogP contribution in [0.1, 0.15) is 5.56 Å². The number of hydrogen-bond donors (Lipinski definition) is 0. The van der Waals surface area contributed by atoms with E-state index in [1.807, 2.05) is 24.3 Å². The van der Waals surface area contributed by atoms with Gasteiger partial charge in [-0.1, -0.05) is 17.2 Å². The van der Waals surface area contributed by atoms with Crippen LogP contribution in [0.3, 0.4) is 0 Å². The number of nitrogens with zero attached hydrogens (tertiary/aromatic N) is 3. The molecule has 0 N–H and O–H groups in total. The van der Waals surface area contributed by atoms with E-state index < -0.39 is 5.41 Å². The summed E-state index contributed by atoms with van der Waals surface area (Å²) in [5.74, 6) is 0.716. The number of benzene rings is 1. The van der Waals surface area contributed by atoms with E-state index in [0.717, 1.165) is 11.3 Å². The van der Waals surface area contributed by atoms with Crippen LogP contribution in [0.5, 0.6) is 5.75 Å². The summed E-state index contributed by atoms with van der Waals surface area (Å²) in [5, 5.41) is 3.60. The average molecular weight is 259 g/mol. The average Bonchev–Trinajstić information content (AvgIpc) is 2.98. The number of carbonyl (C=O) groups is 1. The minimum atomic E-state index is -0.611. The summed E-state index contributed by atoms with van der Waals surface area (Å²) < 4.78 is 10.2. The molecule has 1 saturated heterocycles. The zero-order valence-electron chi connectivity index (χ0n) is 10.4. The van der Waals surface area contributed by atoms with Crippen molar-refractivity contribution in [2.24, 2.45) is 17.0 Å². The molecule has 6 heteroatoms. The van der Waals surface area contributed by atoms with E-state index in [0.29, 0.717) is 13.2 Å². The molecule has 1 saturated carbocycles. The van der Waals surface area contributed by atoms with Crippen LogP contribution in [0.15, 0.2) is 29.4 Å². The number of carbonyl (C=O) groups excluding carboxylic acids is 1. The molecular formula is C13H13N3O3. The van der Waals surface area contributed by atoms with Gasteiger partial charge in [-0.15, -0.1) is 0 Å². The van der Waals surface area contributed by atoms with E-state index in [-0.39, 0.29) is 17.8 Å². The molecule has 3 atom stereocenters. The maximum Gasteiger partial charge on any atom is 0.317 e. The van der Waals surface area contributed by atoms with Gasteiger partial charge in [0, 0.05) is 17.4 Å². The molecular weight excluding hydrogens is 246 g/mol. The first-order valence-corrected chi connectivity index (χ1v) is 6.07. The Morgan fingerprint density at radius 2 is 2.26 bits per heavy atom. The summed E-state index contributed by atoms with van der Waals surface area (Å²) in [5.41, 5.74) is 8.73. The second-order valence-electron chi connectivity index (χ2n) is 4.82. The van der Waals surface area contributed by atoms with Gasteiger partial charge in [0.15, 0.2) is 0 Å². The van der Waals surface area contributed by atoms with Crippen molar-refractivity contribution in [1.29, 1.82) is 0 Å². The number of azide groups is 1.